The van der Waals surface area contributed by atoms with Gasteiger partial charge in [0.15, 0.2) is 0 Å². The number of carbonyl (C=O) groups is 1. The monoisotopic (exact) mass is 328 g/mol. The third-order valence-electron chi connectivity index (χ3n) is 4.28. The number of pyridine rings is 1. The number of benzene rings is 1. The van der Waals surface area contributed by atoms with Gasteiger partial charge in [-0.05, 0) is 49.4 Å². The Morgan fingerprint density at radius 3 is 2.83 bits per heavy atom. The van der Waals surface area contributed by atoms with Crippen LogP contribution >= 0.6 is 0 Å². The number of halogens is 1. The molecule has 2 aromatic rings. The van der Waals surface area contributed by atoms with Gasteiger partial charge in [0, 0.05) is 37.1 Å². The van der Waals surface area contributed by atoms with E-state index >= 15 is 0 Å². The molecule has 1 aromatic carbocycles. The highest BCUT2D eigenvalue weighted by Gasteiger charge is 2.15. The minimum absolute atomic E-state index is 0.106. The van der Waals surface area contributed by atoms with Crippen LogP contribution in [-0.4, -0.2) is 30.6 Å². The molecule has 0 aliphatic carbocycles. The Bertz CT molecular complexity index is 682. The molecule has 24 heavy (non-hydrogen) atoms. The zero-order chi connectivity index (χ0) is 16.8. The fraction of sp³-hybridized carbons (Fsp3) is 0.368. The summed E-state index contributed by atoms with van der Waals surface area (Å²) in [6.07, 6.45) is 4.71. The van der Waals surface area contributed by atoms with Crippen LogP contribution in [0, 0.1) is 11.7 Å². The zero-order valence-corrected chi connectivity index (χ0v) is 13.5. The minimum atomic E-state index is -0.370. The number of hydrogen-bond acceptors (Lipinski definition) is 3. The fourth-order valence-electron chi connectivity index (χ4n) is 2.88. The van der Waals surface area contributed by atoms with Crippen molar-refractivity contribution >= 4 is 5.91 Å². The third kappa shape index (κ3) is 4.17. The van der Waals surface area contributed by atoms with E-state index in [9.17, 15) is 9.18 Å². The second-order valence-corrected chi connectivity index (χ2v) is 6.04. The molecule has 0 spiro atoms. The van der Waals surface area contributed by atoms with Gasteiger partial charge in [-0.15, -0.1) is 0 Å². The molecule has 1 N–H and O–H groups in total. The first-order chi connectivity index (χ1) is 11.7. The fourth-order valence-corrected chi connectivity index (χ4v) is 2.88. The van der Waals surface area contributed by atoms with Crippen LogP contribution in [0.1, 0.15) is 29.6 Å². The molecule has 1 atom stereocenters. The molecular formula is C19H21FN2O2. The first-order valence-corrected chi connectivity index (χ1v) is 8.31. The molecule has 2 heterocycles. The summed E-state index contributed by atoms with van der Waals surface area (Å²) in [4.78, 5) is 16.2. The van der Waals surface area contributed by atoms with Gasteiger partial charge >= 0.3 is 0 Å². The second-order valence-electron chi connectivity index (χ2n) is 6.04. The Kier molecular flexibility index (Phi) is 5.54. The van der Waals surface area contributed by atoms with Crippen molar-refractivity contribution in [2.24, 2.45) is 5.92 Å². The van der Waals surface area contributed by atoms with Crippen LogP contribution in [0.2, 0.25) is 0 Å². The number of amides is 1. The Hall–Kier alpha value is -2.27. The molecule has 1 aliphatic rings. The summed E-state index contributed by atoms with van der Waals surface area (Å²) in [5.74, 6) is 0.158. The lowest BCUT2D eigenvalue weighted by Crippen LogP contribution is -2.24. The number of rotatable bonds is 6. The average molecular weight is 328 g/mol. The van der Waals surface area contributed by atoms with Crippen LogP contribution in [0.15, 0.2) is 42.6 Å². The topological polar surface area (TPSA) is 51.2 Å². The maximum atomic E-state index is 13.7. The van der Waals surface area contributed by atoms with E-state index in [1.54, 1.807) is 36.5 Å². The lowest BCUT2D eigenvalue weighted by Gasteiger charge is -2.09. The molecule has 1 aromatic heterocycles. The van der Waals surface area contributed by atoms with E-state index < -0.39 is 0 Å². The van der Waals surface area contributed by atoms with E-state index in [-0.39, 0.29) is 11.7 Å². The largest absolute Gasteiger partial charge is 0.381 e. The third-order valence-corrected chi connectivity index (χ3v) is 4.28. The van der Waals surface area contributed by atoms with Crippen molar-refractivity contribution in [3.8, 4) is 11.3 Å². The molecule has 0 bridgehead atoms. The number of nitrogens with zero attached hydrogens (tertiary/aromatic N) is 1. The average Bonchev–Trinajstić information content (AvgIpc) is 3.13. The van der Waals surface area contributed by atoms with Gasteiger partial charge in [0.25, 0.3) is 5.91 Å². The Morgan fingerprint density at radius 1 is 1.29 bits per heavy atom. The highest BCUT2D eigenvalue weighted by Crippen LogP contribution is 2.20. The molecule has 0 saturated carbocycles. The number of aromatic nitrogens is 1. The van der Waals surface area contributed by atoms with Crippen LogP contribution in [0.3, 0.4) is 0 Å². The van der Waals surface area contributed by atoms with Crippen LogP contribution in [0.4, 0.5) is 4.39 Å². The first kappa shape index (κ1) is 16.6. The van der Waals surface area contributed by atoms with Crippen molar-refractivity contribution in [2.75, 3.05) is 19.8 Å². The Labute approximate surface area is 141 Å². The quantitative estimate of drug-likeness (QED) is 0.827. The van der Waals surface area contributed by atoms with E-state index in [4.69, 9.17) is 4.74 Å². The summed E-state index contributed by atoms with van der Waals surface area (Å²) in [5.41, 5.74) is 1.52. The highest BCUT2D eigenvalue weighted by atomic mass is 19.1. The number of ether oxygens (including phenoxy) is 1. The number of hydrogen-bond donors (Lipinski definition) is 1. The van der Waals surface area contributed by atoms with Crippen LogP contribution in [0.5, 0.6) is 0 Å². The lowest BCUT2D eigenvalue weighted by molar-refractivity contribution is 0.0952. The van der Waals surface area contributed by atoms with Gasteiger partial charge in [-0.3, -0.25) is 9.78 Å². The zero-order valence-electron chi connectivity index (χ0n) is 13.5. The molecule has 0 unspecified atom stereocenters. The standard InChI is InChI=1S/C19H21FN2O2/c20-17-4-2-10-21-18(17)15-5-7-16(8-6-15)19(23)22-11-1-3-14-9-12-24-13-14/h2,4-8,10,14H,1,3,9,11-13H2,(H,22,23)/t14-/m0/s1. The van der Waals surface area contributed by atoms with Gasteiger partial charge in [0.2, 0.25) is 0 Å². The maximum Gasteiger partial charge on any atom is 0.251 e. The smallest absolute Gasteiger partial charge is 0.251 e. The van der Waals surface area contributed by atoms with Crippen molar-refractivity contribution in [3.63, 3.8) is 0 Å². The molecule has 1 fully saturated rings. The number of carbonyl (C=O) groups excluding carboxylic acids is 1. The number of nitrogens with one attached hydrogen (secondary N) is 1. The molecule has 1 amide bonds. The van der Waals surface area contributed by atoms with Crippen molar-refractivity contribution < 1.29 is 13.9 Å². The van der Waals surface area contributed by atoms with E-state index in [0.717, 1.165) is 32.5 Å². The van der Waals surface area contributed by atoms with Gasteiger partial charge in [0.1, 0.15) is 11.5 Å². The van der Waals surface area contributed by atoms with Crippen molar-refractivity contribution in [3.05, 3.63) is 54.0 Å². The van der Waals surface area contributed by atoms with E-state index in [2.05, 4.69) is 10.3 Å². The maximum absolute atomic E-state index is 13.7. The second kappa shape index (κ2) is 8.02. The van der Waals surface area contributed by atoms with E-state index in [1.165, 1.54) is 6.07 Å². The summed E-state index contributed by atoms with van der Waals surface area (Å²) in [7, 11) is 0. The molecule has 4 nitrogen and oxygen atoms in total. The molecule has 5 heteroatoms. The minimum Gasteiger partial charge on any atom is -0.381 e. The van der Waals surface area contributed by atoms with Crippen molar-refractivity contribution in [1.29, 1.82) is 0 Å². The van der Waals surface area contributed by atoms with Gasteiger partial charge in [0.05, 0.1) is 0 Å². The summed E-state index contributed by atoms with van der Waals surface area (Å²) < 4.78 is 19.1. The van der Waals surface area contributed by atoms with Crippen LogP contribution in [-0.2, 0) is 4.74 Å². The first-order valence-electron chi connectivity index (χ1n) is 8.31. The SMILES string of the molecule is O=C(NCCC[C@H]1CCOC1)c1ccc(-c2ncccc2F)cc1. The van der Waals surface area contributed by atoms with E-state index in [0.29, 0.717) is 29.3 Å². The normalized spacial score (nSPS) is 17.0. The molecule has 1 aliphatic heterocycles. The predicted octanol–water partition coefficient (Wildman–Crippen LogP) is 3.43. The molecule has 3 rings (SSSR count). The van der Waals surface area contributed by atoms with Crippen LogP contribution < -0.4 is 5.32 Å². The van der Waals surface area contributed by atoms with Gasteiger partial charge in [-0.1, -0.05) is 12.1 Å². The Balaban J connectivity index is 1.51. The Morgan fingerprint density at radius 2 is 2.12 bits per heavy atom. The summed E-state index contributed by atoms with van der Waals surface area (Å²) >= 11 is 0. The summed E-state index contributed by atoms with van der Waals surface area (Å²) in [6, 6.07) is 9.76. The van der Waals surface area contributed by atoms with Gasteiger partial charge in [-0.2, -0.15) is 0 Å². The van der Waals surface area contributed by atoms with Crippen LogP contribution in [0.25, 0.3) is 11.3 Å². The molecular weight excluding hydrogens is 307 g/mol. The molecule has 126 valence electrons. The lowest BCUT2D eigenvalue weighted by atomic mass is 10.0. The summed E-state index contributed by atoms with van der Waals surface area (Å²) in [5, 5.41) is 2.92. The summed E-state index contributed by atoms with van der Waals surface area (Å²) in [6.45, 7) is 2.37. The van der Waals surface area contributed by atoms with Crippen molar-refractivity contribution in [2.45, 2.75) is 19.3 Å². The van der Waals surface area contributed by atoms with Crippen molar-refractivity contribution in [1.82, 2.24) is 10.3 Å². The molecule has 1 saturated heterocycles. The highest BCUT2D eigenvalue weighted by molar-refractivity contribution is 5.94. The van der Waals surface area contributed by atoms with E-state index in [1.807, 2.05) is 0 Å². The molecule has 0 radical (unpaired) electrons. The van der Waals surface area contributed by atoms with Gasteiger partial charge < -0.3 is 10.1 Å². The predicted molar refractivity (Wildman–Crippen MR) is 90.1 cm³/mol. The van der Waals surface area contributed by atoms with Gasteiger partial charge in [-0.25, -0.2) is 4.39 Å².